The van der Waals surface area contributed by atoms with Crippen LogP contribution in [0.3, 0.4) is 0 Å². The Bertz CT molecular complexity index is 632. The molecule has 0 aliphatic heterocycles. The number of methoxy groups -OCH3 is 1. The van der Waals surface area contributed by atoms with Crippen molar-refractivity contribution in [3.63, 3.8) is 0 Å². The minimum Gasteiger partial charge on any atom is -0.497 e. The van der Waals surface area contributed by atoms with Crippen LogP contribution in [0.25, 0.3) is 11.0 Å². The summed E-state index contributed by atoms with van der Waals surface area (Å²) in [6, 6.07) is 4.38. The first-order chi connectivity index (χ1) is 8.82. The predicted octanol–water partition coefficient (Wildman–Crippen LogP) is 2.65. The van der Waals surface area contributed by atoms with Gasteiger partial charge in [-0.25, -0.2) is 4.98 Å². The van der Waals surface area contributed by atoms with E-state index in [1.807, 2.05) is 0 Å². The van der Waals surface area contributed by atoms with Gasteiger partial charge in [-0.1, -0.05) is 0 Å². The van der Waals surface area contributed by atoms with Gasteiger partial charge in [-0.05, 0) is 19.1 Å². The molecule has 0 aliphatic carbocycles. The summed E-state index contributed by atoms with van der Waals surface area (Å²) in [7, 11) is 1.41. The highest BCUT2D eigenvalue weighted by Gasteiger charge is 2.37. The topological polar surface area (TPSA) is 44.1 Å². The van der Waals surface area contributed by atoms with Gasteiger partial charge in [-0.3, -0.25) is 4.79 Å². The standard InChI is InChI=1S/C12H11F3N2O2/c1-7(18)6-17-10-5-8(19-2)3-4-9(10)16-11(17)12(13,14)15/h3-5H,6H2,1-2H3. The maximum atomic E-state index is 12.9. The highest BCUT2D eigenvalue weighted by Crippen LogP contribution is 2.32. The lowest BCUT2D eigenvalue weighted by molar-refractivity contribution is -0.147. The Labute approximate surface area is 106 Å². The fraction of sp³-hybridized carbons (Fsp3) is 0.333. The van der Waals surface area contributed by atoms with E-state index in [1.54, 1.807) is 0 Å². The molecule has 0 amide bonds. The van der Waals surface area contributed by atoms with Gasteiger partial charge >= 0.3 is 6.18 Å². The Morgan fingerprint density at radius 3 is 2.63 bits per heavy atom. The van der Waals surface area contributed by atoms with Crippen LogP contribution in [0.15, 0.2) is 18.2 Å². The van der Waals surface area contributed by atoms with E-state index in [0.29, 0.717) is 5.75 Å². The smallest absolute Gasteiger partial charge is 0.449 e. The molecular formula is C12H11F3N2O2. The summed E-state index contributed by atoms with van der Waals surface area (Å²) in [6.45, 7) is 0.852. The number of carbonyl (C=O) groups excluding carboxylic acids is 1. The number of rotatable bonds is 3. The number of hydrogen-bond donors (Lipinski definition) is 0. The predicted molar refractivity (Wildman–Crippen MR) is 62.0 cm³/mol. The van der Waals surface area contributed by atoms with Crippen LogP contribution in [0, 0.1) is 0 Å². The van der Waals surface area contributed by atoms with E-state index in [2.05, 4.69) is 4.98 Å². The van der Waals surface area contributed by atoms with Crippen LogP contribution >= 0.6 is 0 Å². The lowest BCUT2D eigenvalue weighted by Gasteiger charge is -2.09. The molecule has 102 valence electrons. The van der Waals surface area contributed by atoms with Crippen LogP contribution in [0.2, 0.25) is 0 Å². The van der Waals surface area contributed by atoms with Gasteiger partial charge in [0.15, 0.2) is 0 Å². The van der Waals surface area contributed by atoms with E-state index in [0.717, 1.165) is 4.57 Å². The van der Waals surface area contributed by atoms with Crippen LogP contribution in [-0.2, 0) is 17.5 Å². The number of aromatic nitrogens is 2. The van der Waals surface area contributed by atoms with Crippen molar-refractivity contribution in [1.29, 1.82) is 0 Å². The number of halogens is 3. The van der Waals surface area contributed by atoms with Gasteiger partial charge in [0.1, 0.15) is 11.5 Å². The van der Waals surface area contributed by atoms with Gasteiger partial charge in [0.25, 0.3) is 0 Å². The van der Waals surface area contributed by atoms with Crippen molar-refractivity contribution in [2.24, 2.45) is 0 Å². The second kappa shape index (κ2) is 4.56. The van der Waals surface area contributed by atoms with E-state index in [1.165, 1.54) is 32.2 Å². The molecule has 0 spiro atoms. The molecule has 2 aromatic rings. The largest absolute Gasteiger partial charge is 0.497 e. The number of nitrogens with zero attached hydrogens (tertiary/aromatic N) is 2. The van der Waals surface area contributed by atoms with Crippen molar-refractivity contribution in [1.82, 2.24) is 9.55 Å². The number of fused-ring (bicyclic) bond motifs is 1. The third-order valence-corrected chi connectivity index (χ3v) is 2.59. The first-order valence-electron chi connectivity index (χ1n) is 5.44. The first kappa shape index (κ1) is 13.4. The fourth-order valence-electron chi connectivity index (χ4n) is 1.83. The van der Waals surface area contributed by atoms with Crippen molar-refractivity contribution >= 4 is 16.8 Å². The van der Waals surface area contributed by atoms with Crippen LogP contribution < -0.4 is 4.74 Å². The van der Waals surface area contributed by atoms with Crippen molar-refractivity contribution in [3.05, 3.63) is 24.0 Å². The van der Waals surface area contributed by atoms with Crippen LogP contribution in [-0.4, -0.2) is 22.4 Å². The number of hydrogen-bond acceptors (Lipinski definition) is 3. The summed E-state index contributed by atoms with van der Waals surface area (Å²) in [4.78, 5) is 14.7. The van der Waals surface area contributed by atoms with Crippen molar-refractivity contribution in [3.8, 4) is 5.75 Å². The number of imidazole rings is 1. The molecule has 0 saturated heterocycles. The molecule has 0 atom stereocenters. The summed E-state index contributed by atoms with van der Waals surface area (Å²) < 4.78 is 44.5. The van der Waals surface area contributed by atoms with Crippen molar-refractivity contribution < 1.29 is 22.7 Å². The summed E-state index contributed by atoms with van der Waals surface area (Å²) in [6.07, 6.45) is -4.61. The van der Waals surface area contributed by atoms with Gasteiger partial charge < -0.3 is 9.30 Å². The van der Waals surface area contributed by atoms with Gasteiger partial charge in [-0.2, -0.15) is 13.2 Å². The van der Waals surface area contributed by atoms with E-state index >= 15 is 0 Å². The highest BCUT2D eigenvalue weighted by molar-refractivity contribution is 5.82. The Morgan fingerprint density at radius 2 is 2.11 bits per heavy atom. The number of ketones is 1. The van der Waals surface area contributed by atoms with E-state index in [4.69, 9.17) is 4.74 Å². The second-order valence-corrected chi connectivity index (χ2v) is 4.08. The second-order valence-electron chi connectivity index (χ2n) is 4.08. The van der Waals surface area contributed by atoms with Crippen LogP contribution in [0.1, 0.15) is 12.7 Å². The zero-order chi connectivity index (χ0) is 14.2. The summed E-state index contributed by atoms with van der Waals surface area (Å²) >= 11 is 0. The summed E-state index contributed by atoms with van der Waals surface area (Å²) in [5.74, 6) is -1.05. The molecule has 0 unspecified atom stereocenters. The van der Waals surface area contributed by atoms with Gasteiger partial charge in [-0.15, -0.1) is 0 Å². The lowest BCUT2D eigenvalue weighted by atomic mass is 10.3. The van der Waals surface area contributed by atoms with E-state index in [-0.39, 0.29) is 23.4 Å². The minimum atomic E-state index is -4.61. The average Bonchev–Trinajstić information content (AvgIpc) is 2.66. The number of ether oxygens (including phenoxy) is 1. The molecular weight excluding hydrogens is 261 g/mol. The molecule has 0 radical (unpaired) electrons. The third kappa shape index (κ3) is 2.54. The normalized spacial score (nSPS) is 11.8. The van der Waals surface area contributed by atoms with Crippen LogP contribution in [0.5, 0.6) is 5.75 Å². The maximum Gasteiger partial charge on any atom is 0.449 e. The molecule has 0 fully saturated rings. The van der Waals surface area contributed by atoms with Crippen LogP contribution in [0.4, 0.5) is 13.2 Å². The molecule has 0 N–H and O–H groups in total. The van der Waals surface area contributed by atoms with Gasteiger partial charge in [0.05, 0.1) is 24.7 Å². The summed E-state index contributed by atoms with van der Waals surface area (Å²) in [5, 5.41) is 0. The van der Waals surface area contributed by atoms with E-state index in [9.17, 15) is 18.0 Å². The van der Waals surface area contributed by atoms with E-state index < -0.39 is 12.0 Å². The number of benzene rings is 1. The molecule has 2 rings (SSSR count). The summed E-state index contributed by atoms with van der Waals surface area (Å²) in [5.41, 5.74) is 0.399. The van der Waals surface area contributed by atoms with Gasteiger partial charge in [0.2, 0.25) is 5.82 Å². The fourth-order valence-corrected chi connectivity index (χ4v) is 1.83. The molecule has 1 aromatic heterocycles. The first-order valence-corrected chi connectivity index (χ1v) is 5.44. The minimum absolute atomic E-state index is 0.175. The lowest BCUT2D eigenvalue weighted by Crippen LogP contribution is -2.17. The zero-order valence-electron chi connectivity index (χ0n) is 10.3. The quantitative estimate of drug-likeness (QED) is 0.862. The Kier molecular flexibility index (Phi) is 3.21. The van der Waals surface area contributed by atoms with Crippen molar-refractivity contribution in [2.75, 3.05) is 7.11 Å². The Morgan fingerprint density at radius 1 is 1.42 bits per heavy atom. The molecule has 0 bridgehead atoms. The number of carbonyl (C=O) groups is 1. The van der Waals surface area contributed by atoms with Crippen molar-refractivity contribution in [2.45, 2.75) is 19.6 Å². The average molecular weight is 272 g/mol. The van der Waals surface area contributed by atoms with Gasteiger partial charge in [0, 0.05) is 6.07 Å². The third-order valence-electron chi connectivity index (χ3n) is 2.59. The maximum absolute atomic E-state index is 12.9. The molecule has 0 saturated carbocycles. The monoisotopic (exact) mass is 272 g/mol. The SMILES string of the molecule is COc1ccc2nc(C(F)(F)F)n(CC(C)=O)c2c1. The molecule has 1 heterocycles. The zero-order valence-corrected chi connectivity index (χ0v) is 10.3. The Hall–Kier alpha value is -2.05. The molecule has 4 nitrogen and oxygen atoms in total. The molecule has 0 aliphatic rings. The number of alkyl halides is 3. The highest BCUT2D eigenvalue weighted by atomic mass is 19.4. The number of Topliss-reactive ketones (excluding diaryl/α,β-unsaturated/α-hetero) is 1. The molecule has 19 heavy (non-hydrogen) atoms. The molecule has 7 heteroatoms. The molecule has 1 aromatic carbocycles. The Balaban J connectivity index is 2.71.